The number of nitrogens with two attached hydrogens (primary N) is 1. The van der Waals surface area contributed by atoms with E-state index in [1.54, 1.807) is 6.07 Å². The van der Waals surface area contributed by atoms with E-state index >= 15 is 0 Å². The summed E-state index contributed by atoms with van der Waals surface area (Å²) >= 11 is 0. The lowest BCUT2D eigenvalue weighted by Gasteiger charge is -2.17. The van der Waals surface area contributed by atoms with Gasteiger partial charge >= 0.3 is 0 Å². The lowest BCUT2D eigenvalue weighted by atomic mass is 10.1. The Kier molecular flexibility index (Phi) is 4.93. The standard InChI is InChI=1S/C15H23N3O/c1-18-8-3-6-14(7-9-18)17-11-12-4-2-5-13(10-12)15(16)19/h2,4-5,10,14,17H,3,6-9,11H2,1H3,(H2,16,19). The largest absolute Gasteiger partial charge is 0.366 e. The highest BCUT2D eigenvalue weighted by molar-refractivity contribution is 5.92. The van der Waals surface area contributed by atoms with Crippen LogP contribution in [0.15, 0.2) is 24.3 Å². The number of likely N-dealkylation sites (tertiary alicyclic amines) is 1. The molecule has 4 heteroatoms. The zero-order valence-corrected chi connectivity index (χ0v) is 11.6. The van der Waals surface area contributed by atoms with Gasteiger partial charge in [0.25, 0.3) is 0 Å². The zero-order valence-electron chi connectivity index (χ0n) is 11.6. The van der Waals surface area contributed by atoms with Crippen LogP contribution in [-0.2, 0) is 6.54 Å². The quantitative estimate of drug-likeness (QED) is 0.860. The van der Waals surface area contributed by atoms with Crippen molar-refractivity contribution < 1.29 is 4.79 Å². The molecular formula is C15H23N3O. The number of primary amides is 1. The van der Waals surface area contributed by atoms with Gasteiger partial charge in [-0.25, -0.2) is 0 Å². The molecule has 1 aromatic carbocycles. The zero-order chi connectivity index (χ0) is 13.7. The molecule has 1 saturated heterocycles. The lowest BCUT2D eigenvalue weighted by Crippen LogP contribution is -2.29. The molecule has 1 aromatic rings. The minimum absolute atomic E-state index is 0.363. The third-order valence-electron chi connectivity index (χ3n) is 3.76. The Morgan fingerprint density at radius 2 is 2.26 bits per heavy atom. The normalized spacial score (nSPS) is 21.0. The SMILES string of the molecule is CN1CCCC(NCc2cccc(C(N)=O)c2)CC1. The van der Waals surface area contributed by atoms with Crippen LogP contribution in [0.2, 0.25) is 0 Å². The van der Waals surface area contributed by atoms with Gasteiger partial charge in [-0.2, -0.15) is 0 Å². The maximum absolute atomic E-state index is 11.1. The van der Waals surface area contributed by atoms with Crippen LogP contribution in [0.3, 0.4) is 0 Å². The Hall–Kier alpha value is -1.39. The van der Waals surface area contributed by atoms with Gasteiger partial charge < -0.3 is 16.0 Å². The Morgan fingerprint density at radius 3 is 3.05 bits per heavy atom. The van der Waals surface area contributed by atoms with Crippen molar-refractivity contribution in [1.29, 1.82) is 0 Å². The van der Waals surface area contributed by atoms with Crippen molar-refractivity contribution in [2.75, 3.05) is 20.1 Å². The van der Waals surface area contributed by atoms with E-state index in [2.05, 4.69) is 17.3 Å². The molecule has 0 aliphatic carbocycles. The van der Waals surface area contributed by atoms with E-state index in [1.165, 1.54) is 25.8 Å². The third-order valence-corrected chi connectivity index (χ3v) is 3.76. The van der Waals surface area contributed by atoms with Crippen molar-refractivity contribution in [2.45, 2.75) is 31.8 Å². The van der Waals surface area contributed by atoms with Gasteiger partial charge in [-0.1, -0.05) is 12.1 Å². The van der Waals surface area contributed by atoms with Crippen molar-refractivity contribution in [2.24, 2.45) is 5.73 Å². The van der Waals surface area contributed by atoms with Gasteiger partial charge in [0, 0.05) is 18.2 Å². The number of rotatable bonds is 4. The van der Waals surface area contributed by atoms with Crippen LogP contribution >= 0.6 is 0 Å². The molecule has 0 radical (unpaired) electrons. The summed E-state index contributed by atoms with van der Waals surface area (Å²) in [5.41, 5.74) is 7.00. The average molecular weight is 261 g/mol. The van der Waals surface area contributed by atoms with E-state index in [-0.39, 0.29) is 5.91 Å². The molecule has 104 valence electrons. The highest BCUT2D eigenvalue weighted by Crippen LogP contribution is 2.11. The highest BCUT2D eigenvalue weighted by Gasteiger charge is 2.14. The number of carbonyl (C=O) groups excluding carboxylic acids is 1. The first kappa shape index (κ1) is 14.0. The monoisotopic (exact) mass is 261 g/mol. The fourth-order valence-electron chi connectivity index (χ4n) is 2.54. The van der Waals surface area contributed by atoms with E-state index in [0.717, 1.165) is 18.7 Å². The summed E-state index contributed by atoms with van der Waals surface area (Å²) in [6, 6.07) is 8.12. The Labute approximate surface area is 115 Å². The van der Waals surface area contributed by atoms with Gasteiger partial charge in [-0.3, -0.25) is 4.79 Å². The van der Waals surface area contributed by atoms with E-state index < -0.39 is 0 Å². The van der Waals surface area contributed by atoms with E-state index in [1.807, 2.05) is 18.2 Å². The third kappa shape index (κ3) is 4.33. The van der Waals surface area contributed by atoms with Gasteiger partial charge in [0.05, 0.1) is 0 Å². The number of nitrogens with zero attached hydrogens (tertiary/aromatic N) is 1. The molecule has 0 aromatic heterocycles. The second-order valence-electron chi connectivity index (χ2n) is 5.38. The van der Waals surface area contributed by atoms with Crippen molar-refractivity contribution in [3.63, 3.8) is 0 Å². The van der Waals surface area contributed by atoms with Gasteiger partial charge in [-0.15, -0.1) is 0 Å². The fraction of sp³-hybridized carbons (Fsp3) is 0.533. The fourth-order valence-corrected chi connectivity index (χ4v) is 2.54. The number of hydrogen-bond acceptors (Lipinski definition) is 3. The molecule has 1 amide bonds. The first-order chi connectivity index (χ1) is 9.15. The summed E-state index contributed by atoms with van der Waals surface area (Å²) in [6.07, 6.45) is 3.65. The van der Waals surface area contributed by atoms with Crippen LogP contribution in [0, 0.1) is 0 Å². The molecule has 1 aliphatic rings. The first-order valence-corrected chi connectivity index (χ1v) is 6.96. The van der Waals surface area contributed by atoms with Gasteiger partial charge in [0.1, 0.15) is 0 Å². The molecule has 4 nitrogen and oxygen atoms in total. The molecule has 1 aliphatic heterocycles. The molecule has 3 N–H and O–H groups in total. The number of hydrogen-bond donors (Lipinski definition) is 2. The van der Waals surface area contributed by atoms with Crippen LogP contribution in [0.5, 0.6) is 0 Å². The van der Waals surface area contributed by atoms with Gasteiger partial charge in [0.15, 0.2) is 0 Å². The first-order valence-electron chi connectivity index (χ1n) is 6.96. The van der Waals surface area contributed by atoms with E-state index in [9.17, 15) is 4.79 Å². The summed E-state index contributed by atoms with van der Waals surface area (Å²) in [5, 5.41) is 3.59. The number of amides is 1. The van der Waals surface area contributed by atoms with Crippen molar-refractivity contribution in [1.82, 2.24) is 10.2 Å². The molecule has 2 rings (SSSR count). The van der Waals surface area contributed by atoms with Crippen LogP contribution in [-0.4, -0.2) is 37.0 Å². The predicted molar refractivity (Wildman–Crippen MR) is 76.9 cm³/mol. The van der Waals surface area contributed by atoms with Gasteiger partial charge in [0.2, 0.25) is 5.91 Å². The average Bonchev–Trinajstić information content (AvgIpc) is 2.61. The molecular weight excluding hydrogens is 238 g/mol. The minimum atomic E-state index is -0.363. The van der Waals surface area contributed by atoms with E-state index in [4.69, 9.17) is 5.73 Å². The maximum Gasteiger partial charge on any atom is 0.248 e. The molecule has 0 bridgehead atoms. The summed E-state index contributed by atoms with van der Waals surface area (Å²) in [4.78, 5) is 13.5. The summed E-state index contributed by atoms with van der Waals surface area (Å²) in [7, 11) is 2.18. The van der Waals surface area contributed by atoms with Crippen molar-refractivity contribution in [3.05, 3.63) is 35.4 Å². The number of carbonyl (C=O) groups is 1. The second kappa shape index (κ2) is 6.68. The summed E-state index contributed by atoms with van der Waals surface area (Å²) < 4.78 is 0. The molecule has 0 spiro atoms. The van der Waals surface area contributed by atoms with E-state index in [0.29, 0.717) is 11.6 Å². The molecule has 1 fully saturated rings. The molecule has 1 heterocycles. The van der Waals surface area contributed by atoms with Crippen LogP contribution in [0.25, 0.3) is 0 Å². The molecule has 0 saturated carbocycles. The van der Waals surface area contributed by atoms with Crippen LogP contribution < -0.4 is 11.1 Å². The summed E-state index contributed by atoms with van der Waals surface area (Å²) in [5.74, 6) is -0.363. The van der Waals surface area contributed by atoms with Gasteiger partial charge in [-0.05, 0) is 57.1 Å². The number of benzene rings is 1. The van der Waals surface area contributed by atoms with Crippen molar-refractivity contribution >= 4 is 5.91 Å². The van der Waals surface area contributed by atoms with Crippen LogP contribution in [0.4, 0.5) is 0 Å². The lowest BCUT2D eigenvalue weighted by molar-refractivity contribution is 0.1000. The Balaban J connectivity index is 1.87. The van der Waals surface area contributed by atoms with Crippen molar-refractivity contribution in [3.8, 4) is 0 Å². The maximum atomic E-state index is 11.1. The molecule has 19 heavy (non-hydrogen) atoms. The second-order valence-corrected chi connectivity index (χ2v) is 5.38. The smallest absolute Gasteiger partial charge is 0.248 e. The predicted octanol–water partition coefficient (Wildman–Crippen LogP) is 1.36. The topological polar surface area (TPSA) is 58.4 Å². The Morgan fingerprint density at radius 1 is 1.42 bits per heavy atom. The molecule has 1 atom stereocenters. The number of nitrogens with one attached hydrogen (secondary N) is 1. The highest BCUT2D eigenvalue weighted by atomic mass is 16.1. The van der Waals surface area contributed by atoms with Crippen LogP contribution in [0.1, 0.15) is 35.2 Å². The Bertz CT molecular complexity index is 433. The molecule has 1 unspecified atom stereocenters. The minimum Gasteiger partial charge on any atom is -0.366 e. The summed E-state index contributed by atoms with van der Waals surface area (Å²) in [6.45, 7) is 3.14.